The summed E-state index contributed by atoms with van der Waals surface area (Å²) in [5, 5.41) is 6.96. The highest BCUT2D eigenvalue weighted by atomic mass is 19.1. The van der Waals surface area contributed by atoms with Crippen molar-refractivity contribution >= 4 is 5.91 Å². The molecule has 1 aromatic carbocycles. The van der Waals surface area contributed by atoms with E-state index in [1.165, 1.54) is 29.8 Å². The van der Waals surface area contributed by atoms with Crippen LogP contribution in [0.3, 0.4) is 0 Å². The average molecular weight is 412 g/mol. The minimum atomic E-state index is -0.773. The van der Waals surface area contributed by atoms with Gasteiger partial charge in [-0.2, -0.15) is 5.10 Å². The Morgan fingerprint density at radius 3 is 2.73 bits per heavy atom. The lowest BCUT2D eigenvalue weighted by atomic mass is 10.1. The van der Waals surface area contributed by atoms with Crippen molar-refractivity contribution in [1.29, 1.82) is 0 Å². The molecule has 2 aromatic heterocycles. The second-order valence-corrected chi connectivity index (χ2v) is 7.40. The normalized spacial score (nSPS) is 14.1. The van der Waals surface area contributed by atoms with Gasteiger partial charge in [-0.1, -0.05) is 6.07 Å². The molecule has 0 bridgehead atoms. The summed E-state index contributed by atoms with van der Waals surface area (Å²) in [7, 11) is 1.63. The number of halogens is 2. The first-order valence-electron chi connectivity index (χ1n) is 9.88. The van der Waals surface area contributed by atoms with Crippen LogP contribution in [-0.2, 0) is 13.6 Å². The van der Waals surface area contributed by atoms with Crippen molar-refractivity contribution in [3.05, 3.63) is 65.5 Å². The van der Waals surface area contributed by atoms with Crippen molar-refractivity contribution in [3.8, 4) is 17.1 Å². The Hall–Kier alpha value is -3.29. The maximum Gasteiger partial charge on any atom is 0.255 e. The minimum absolute atomic E-state index is 0.0669. The second kappa shape index (κ2) is 8.61. The number of aromatic nitrogens is 3. The molecular formula is C22H22F2N4O2. The van der Waals surface area contributed by atoms with E-state index in [9.17, 15) is 13.6 Å². The van der Waals surface area contributed by atoms with Crippen LogP contribution in [0.1, 0.15) is 41.6 Å². The summed E-state index contributed by atoms with van der Waals surface area (Å²) < 4.78 is 34.7. The number of carbonyl (C=O) groups excluding carboxylic acids is 1. The molecule has 0 atom stereocenters. The lowest BCUT2D eigenvalue weighted by Gasteiger charge is -2.12. The van der Waals surface area contributed by atoms with Crippen LogP contribution in [-0.4, -0.2) is 26.8 Å². The number of nitrogens with one attached hydrogen (secondary N) is 1. The number of amides is 1. The van der Waals surface area contributed by atoms with Gasteiger partial charge in [0.15, 0.2) is 0 Å². The van der Waals surface area contributed by atoms with Crippen LogP contribution in [0.25, 0.3) is 11.3 Å². The number of pyridine rings is 1. The molecular weight excluding hydrogens is 390 g/mol. The second-order valence-electron chi connectivity index (χ2n) is 7.40. The van der Waals surface area contributed by atoms with E-state index in [0.717, 1.165) is 30.5 Å². The zero-order valence-corrected chi connectivity index (χ0v) is 16.6. The molecule has 1 saturated carbocycles. The molecule has 1 amide bonds. The van der Waals surface area contributed by atoms with Gasteiger partial charge in [0.2, 0.25) is 5.88 Å². The van der Waals surface area contributed by atoms with Gasteiger partial charge in [-0.15, -0.1) is 0 Å². The van der Waals surface area contributed by atoms with E-state index in [1.54, 1.807) is 19.3 Å². The highest BCUT2D eigenvalue weighted by Crippen LogP contribution is 2.26. The Balaban J connectivity index is 1.43. The van der Waals surface area contributed by atoms with Gasteiger partial charge < -0.3 is 10.1 Å². The smallest absolute Gasteiger partial charge is 0.255 e. The summed E-state index contributed by atoms with van der Waals surface area (Å²) >= 11 is 0. The molecule has 6 nitrogen and oxygen atoms in total. The molecule has 4 rings (SSSR count). The highest BCUT2D eigenvalue weighted by Gasteiger charge is 2.20. The lowest BCUT2D eigenvalue weighted by Crippen LogP contribution is -2.23. The SMILES string of the molecule is Cn1cc(C(=O)NCc2ccc(OC3CCCC3)nc2)c(-c2ccc(F)cc2F)n1. The first-order chi connectivity index (χ1) is 14.5. The standard InChI is InChI=1S/C22H22F2N4O2/c1-28-13-18(21(27-28)17-8-7-15(23)10-19(17)24)22(29)26-12-14-6-9-20(25-11-14)30-16-4-2-3-5-16/h6-11,13,16H,2-5,12H2,1H3,(H,26,29). The van der Waals surface area contributed by atoms with Crippen LogP contribution >= 0.6 is 0 Å². The van der Waals surface area contributed by atoms with Gasteiger partial charge in [0.05, 0.1) is 5.56 Å². The number of hydrogen-bond donors (Lipinski definition) is 1. The average Bonchev–Trinajstić information content (AvgIpc) is 3.37. The molecule has 0 radical (unpaired) electrons. The van der Waals surface area contributed by atoms with Crippen LogP contribution < -0.4 is 10.1 Å². The third kappa shape index (κ3) is 4.48. The fourth-order valence-electron chi connectivity index (χ4n) is 3.57. The van der Waals surface area contributed by atoms with Crippen LogP contribution in [0.5, 0.6) is 5.88 Å². The molecule has 1 N–H and O–H groups in total. The van der Waals surface area contributed by atoms with Gasteiger partial charge >= 0.3 is 0 Å². The monoisotopic (exact) mass is 412 g/mol. The van der Waals surface area contributed by atoms with E-state index in [2.05, 4.69) is 15.4 Å². The molecule has 0 aliphatic heterocycles. The van der Waals surface area contributed by atoms with E-state index < -0.39 is 17.5 Å². The summed E-state index contributed by atoms with van der Waals surface area (Å²) in [6.07, 6.45) is 7.89. The van der Waals surface area contributed by atoms with Gasteiger partial charge in [-0.05, 0) is 43.4 Å². The highest BCUT2D eigenvalue weighted by molar-refractivity contribution is 5.99. The molecule has 1 fully saturated rings. The van der Waals surface area contributed by atoms with Crippen LogP contribution in [0.2, 0.25) is 0 Å². The van der Waals surface area contributed by atoms with Crippen LogP contribution in [0.15, 0.2) is 42.7 Å². The molecule has 2 heterocycles. The number of rotatable bonds is 6. The van der Waals surface area contributed by atoms with Gasteiger partial charge in [-0.25, -0.2) is 13.8 Å². The van der Waals surface area contributed by atoms with Crippen molar-refractivity contribution in [3.63, 3.8) is 0 Å². The summed E-state index contributed by atoms with van der Waals surface area (Å²) in [5.74, 6) is -1.29. The van der Waals surface area contributed by atoms with E-state index in [1.807, 2.05) is 6.07 Å². The molecule has 3 aromatic rings. The van der Waals surface area contributed by atoms with Crippen molar-refractivity contribution in [2.24, 2.45) is 7.05 Å². The first-order valence-corrected chi connectivity index (χ1v) is 9.88. The Morgan fingerprint density at radius 1 is 1.23 bits per heavy atom. The van der Waals surface area contributed by atoms with Crippen molar-refractivity contribution in [2.45, 2.75) is 38.3 Å². The lowest BCUT2D eigenvalue weighted by molar-refractivity contribution is 0.0951. The fraction of sp³-hybridized carbons (Fsp3) is 0.318. The largest absolute Gasteiger partial charge is 0.474 e. The molecule has 0 unspecified atom stereocenters. The predicted octanol–water partition coefficient (Wildman–Crippen LogP) is 4.01. The van der Waals surface area contributed by atoms with Crippen molar-refractivity contribution in [1.82, 2.24) is 20.1 Å². The fourth-order valence-corrected chi connectivity index (χ4v) is 3.57. The third-order valence-corrected chi connectivity index (χ3v) is 5.10. The Bertz CT molecular complexity index is 1040. The molecule has 0 spiro atoms. The summed E-state index contributed by atoms with van der Waals surface area (Å²) in [4.78, 5) is 17.0. The summed E-state index contributed by atoms with van der Waals surface area (Å²) in [6.45, 7) is 0.246. The summed E-state index contributed by atoms with van der Waals surface area (Å²) in [5.41, 5.74) is 1.24. The van der Waals surface area contributed by atoms with Gasteiger partial charge in [0.25, 0.3) is 5.91 Å². The number of ether oxygens (including phenoxy) is 1. The van der Waals surface area contributed by atoms with Crippen LogP contribution in [0, 0.1) is 11.6 Å². The van der Waals surface area contributed by atoms with Crippen molar-refractivity contribution in [2.75, 3.05) is 0 Å². The molecule has 1 aliphatic rings. The van der Waals surface area contributed by atoms with Gasteiger partial charge in [0.1, 0.15) is 23.4 Å². The Morgan fingerprint density at radius 2 is 2.03 bits per heavy atom. The number of benzene rings is 1. The number of carbonyl (C=O) groups is 1. The molecule has 0 saturated heterocycles. The molecule has 156 valence electrons. The third-order valence-electron chi connectivity index (χ3n) is 5.10. The first kappa shape index (κ1) is 20.0. The maximum absolute atomic E-state index is 14.2. The van der Waals surface area contributed by atoms with Gasteiger partial charge in [-0.3, -0.25) is 9.48 Å². The topological polar surface area (TPSA) is 69.0 Å². The zero-order chi connectivity index (χ0) is 21.1. The Labute approximate surface area is 172 Å². The predicted molar refractivity (Wildman–Crippen MR) is 107 cm³/mol. The van der Waals surface area contributed by atoms with Gasteiger partial charge in [0, 0.05) is 43.7 Å². The summed E-state index contributed by atoms with van der Waals surface area (Å²) in [6, 6.07) is 6.82. The van der Waals surface area contributed by atoms with E-state index in [-0.39, 0.29) is 29.5 Å². The van der Waals surface area contributed by atoms with Crippen LogP contribution in [0.4, 0.5) is 8.78 Å². The molecule has 30 heavy (non-hydrogen) atoms. The van der Waals surface area contributed by atoms with E-state index in [4.69, 9.17) is 4.74 Å². The maximum atomic E-state index is 14.2. The van der Waals surface area contributed by atoms with E-state index in [0.29, 0.717) is 5.88 Å². The quantitative estimate of drug-likeness (QED) is 0.664. The minimum Gasteiger partial charge on any atom is -0.474 e. The zero-order valence-electron chi connectivity index (χ0n) is 16.6. The number of aryl methyl sites for hydroxylation is 1. The molecule has 1 aliphatic carbocycles. The van der Waals surface area contributed by atoms with Crippen molar-refractivity contribution < 1.29 is 18.3 Å². The Kier molecular flexibility index (Phi) is 5.74. The molecule has 8 heteroatoms. The number of nitrogens with zero attached hydrogens (tertiary/aromatic N) is 3. The van der Waals surface area contributed by atoms with E-state index >= 15 is 0 Å². The number of hydrogen-bond acceptors (Lipinski definition) is 4.